The molecule has 0 unspecified atom stereocenters. The number of anilines is 1. The monoisotopic (exact) mass is 321 g/mol. The molecule has 5 heteroatoms. The fraction of sp³-hybridized carbons (Fsp3) is 0.0556. The van der Waals surface area contributed by atoms with E-state index in [4.69, 9.17) is 0 Å². The molecule has 0 atom stereocenters. The molecule has 2 aromatic heterocycles. The molecule has 0 fully saturated rings. The molecule has 0 aliphatic heterocycles. The Morgan fingerprint density at radius 3 is 2.57 bits per heavy atom. The third-order valence-corrected chi connectivity index (χ3v) is 4.01. The summed E-state index contributed by atoms with van der Waals surface area (Å²) in [6.45, 7) is 0. The number of amides is 1. The smallest absolute Gasteiger partial charge is 0.257 e. The molecule has 0 radical (unpaired) electrons. The molecule has 3 aromatic rings. The van der Waals surface area contributed by atoms with Crippen LogP contribution in [0.5, 0.6) is 0 Å². The summed E-state index contributed by atoms with van der Waals surface area (Å²) in [5.41, 5.74) is 2.81. The van der Waals surface area contributed by atoms with Crippen LogP contribution in [0.15, 0.2) is 71.9 Å². The Hall–Kier alpha value is -2.66. The third-order valence-electron chi connectivity index (χ3n) is 3.28. The molecule has 0 aliphatic rings. The van der Waals surface area contributed by atoms with Crippen LogP contribution in [0.2, 0.25) is 0 Å². The van der Waals surface area contributed by atoms with Gasteiger partial charge in [0.05, 0.1) is 17.0 Å². The summed E-state index contributed by atoms with van der Waals surface area (Å²) in [6.07, 6.45) is 5.29. The van der Waals surface area contributed by atoms with Crippen LogP contribution in [0.25, 0.3) is 11.4 Å². The van der Waals surface area contributed by atoms with Gasteiger partial charge in [0.2, 0.25) is 0 Å². The summed E-state index contributed by atoms with van der Waals surface area (Å²) >= 11 is 1.63. The van der Waals surface area contributed by atoms with Gasteiger partial charge in [-0.05, 0) is 48.7 Å². The molecule has 1 N–H and O–H groups in total. The predicted molar refractivity (Wildman–Crippen MR) is 93.6 cm³/mol. The Morgan fingerprint density at radius 2 is 1.87 bits per heavy atom. The number of nitrogens with zero attached hydrogens (tertiary/aromatic N) is 2. The van der Waals surface area contributed by atoms with Crippen molar-refractivity contribution in [3.05, 3.63) is 72.6 Å². The summed E-state index contributed by atoms with van der Waals surface area (Å²) in [5.74, 6) is -0.177. The Labute approximate surface area is 139 Å². The number of benzene rings is 1. The molecule has 4 nitrogen and oxygen atoms in total. The van der Waals surface area contributed by atoms with E-state index in [1.807, 2.05) is 48.7 Å². The van der Waals surface area contributed by atoms with Crippen LogP contribution in [0.3, 0.4) is 0 Å². The summed E-state index contributed by atoms with van der Waals surface area (Å²) in [4.78, 5) is 22.0. The molecule has 0 spiro atoms. The van der Waals surface area contributed by atoms with Gasteiger partial charge in [0.15, 0.2) is 0 Å². The van der Waals surface area contributed by atoms with Crippen LogP contribution in [-0.4, -0.2) is 22.1 Å². The van der Waals surface area contributed by atoms with E-state index in [1.165, 1.54) is 0 Å². The maximum Gasteiger partial charge on any atom is 0.257 e. The van der Waals surface area contributed by atoms with Crippen LogP contribution < -0.4 is 5.32 Å². The van der Waals surface area contributed by atoms with Crippen molar-refractivity contribution in [3.63, 3.8) is 0 Å². The van der Waals surface area contributed by atoms with Gasteiger partial charge >= 0.3 is 0 Å². The predicted octanol–water partition coefficient (Wildman–Crippen LogP) is 4.12. The highest BCUT2D eigenvalue weighted by Crippen LogP contribution is 2.20. The van der Waals surface area contributed by atoms with Crippen molar-refractivity contribution in [1.82, 2.24) is 9.97 Å². The average molecular weight is 321 g/mol. The van der Waals surface area contributed by atoms with Crippen LogP contribution in [0.1, 0.15) is 10.4 Å². The minimum absolute atomic E-state index is 0.177. The molecule has 1 amide bonds. The van der Waals surface area contributed by atoms with Gasteiger partial charge in [0, 0.05) is 23.0 Å². The lowest BCUT2D eigenvalue weighted by Crippen LogP contribution is -2.12. The molecule has 0 saturated carbocycles. The number of carbonyl (C=O) groups is 1. The summed E-state index contributed by atoms with van der Waals surface area (Å²) in [5, 5.41) is 2.88. The molecule has 114 valence electrons. The Bertz CT molecular complexity index is 804. The first-order valence-electron chi connectivity index (χ1n) is 7.09. The highest BCUT2D eigenvalue weighted by Gasteiger charge is 2.08. The van der Waals surface area contributed by atoms with Gasteiger partial charge in [-0.1, -0.05) is 12.1 Å². The highest BCUT2D eigenvalue weighted by atomic mass is 32.2. The van der Waals surface area contributed by atoms with E-state index >= 15 is 0 Å². The zero-order chi connectivity index (χ0) is 16.1. The quantitative estimate of drug-likeness (QED) is 0.735. The van der Waals surface area contributed by atoms with Gasteiger partial charge in [-0.15, -0.1) is 11.8 Å². The number of pyridine rings is 2. The number of rotatable bonds is 4. The number of aromatic nitrogens is 2. The number of hydrogen-bond acceptors (Lipinski definition) is 4. The van der Waals surface area contributed by atoms with Crippen molar-refractivity contribution in [2.24, 2.45) is 0 Å². The molecule has 0 saturated heterocycles. The maximum absolute atomic E-state index is 12.3. The summed E-state index contributed by atoms with van der Waals surface area (Å²) in [6, 6.07) is 16.9. The molecule has 2 heterocycles. The largest absolute Gasteiger partial charge is 0.322 e. The zero-order valence-corrected chi connectivity index (χ0v) is 13.4. The number of carbonyl (C=O) groups excluding carboxylic acids is 1. The molecule has 0 aliphatic carbocycles. The normalized spacial score (nSPS) is 10.3. The van der Waals surface area contributed by atoms with Crippen LogP contribution >= 0.6 is 11.8 Å². The standard InChI is InChI=1S/C18H15N3OS/c1-23-15-6-4-5-14(11-15)21-18(22)13-8-9-17(20-12-13)16-7-2-3-10-19-16/h2-12H,1H3,(H,21,22). The fourth-order valence-corrected chi connectivity index (χ4v) is 2.56. The fourth-order valence-electron chi connectivity index (χ4n) is 2.10. The van der Waals surface area contributed by atoms with Crippen LogP contribution in [0, 0.1) is 0 Å². The summed E-state index contributed by atoms with van der Waals surface area (Å²) in [7, 11) is 0. The molecular weight excluding hydrogens is 306 g/mol. The summed E-state index contributed by atoms with van der Waals surface area (Å²) < 4.78 is 0. The molecule has 0 bridgehead atoms. The number of hydrogen-bond donors (Lipinski definition) is 1. The Kier molecular flexibility index (Phi) is 4.68. The van der Waals surface area contributed by atoms with Gasteiger partial charge in [0.1, 0.15) is 0 Å². The van der Waals surface area contributed by atoms with Crippen molar-refractivity contribution in [2.75, 3.05) is 11.6 Å². The van der Waals surface area contributed by atoms with E-state index in [2.05, 4.69) is 15.3 Å². The lowest BCUT2D eigenvalue weighted by molar-refractivity contribution is 0.102. The van der Waals surface area contributed by atoms with Gasteiger partial charge in [-0.2, -0.15) is 0 Å². The molecule has 1 aromatic carbocycles. The first-order chi connectivity index (χ1) is 11.3. The molecule has 3 rings (SSSR count). The Morgan fingerprint density at radius 1 is 1.00 bits per heavy atom. The lowest BCUT2D eigenvalue weighted by Gasteiger charge is -2.07. The van der Waals surface area contributed by atoms with E-state index < -0.39 is 0 Å². The number of thioether (sulfide) groups is 1. The van der Waals surface area contributed by atoms with Crippen molar-refractivity contribution in [3.8, 4) is 11.4 Å². The minimum atomic E-state index is -0.177. The van der Waals surface area contributed by atoms with Gasteiger partial charge < -0.3 is 5.32 Å². The first-order valence-corrected chi connectivity index (χ1v) is 8.31. The van der Waals surface area contributed by atoms with Gasteiger partial charge in [-0.3, -0.25) is 14.8 Å². The lowest BCUT2D eigenvalue weighted by atomic mass is 10.2. The van der Waals surface area contributed by atoms with Crippen molar-refractivity contribution in [2.45, 2.75) is 4.90 Å². The van der Waals surface area contributed by atoms with Gasteiger partial charge in [0.25, 0.3) is 5.91 Å². The highest BCUT2D eigenvalue weighted by molar-refractivity contribution is 7.98. The topological polar surface area (TPSA) is 54.9 Å². The second-order valence-electron chi connectivity index (χ2n) is 4.83. The third kappa shape index (κ3) is 3.76. The number of nitrogens with one attached hydrogen (secondary N) is 1. The average Bonchev–Trinajstić information content (AvgIpc) is 2.63. The van der Waals surface area contributed by atoms with Crippen LogP contribution in [0.4, 0.5) is 5.69 Å². The Balaban J connectivity index is 1.75. The first kappa shape index (κ1) is 15.2. The van der Waals surface area contributed by atoms with Crippen molar-refractivity contribution < 1.29 is 4.79 Å². The maximum atomic E-state index is 12.3. The van der Waals surface area contributed by atoms with E-state index in [9.17, 15) is 4.79 Å². The minimum Gasteiger partial charge on any atom is -0.322 e. The zero-order valence-electron chi connectivity index (χ0n) is 12.6. The van der Waals surface area contributed by atoms with Gasteiger partial charge in [-0.25, -0.2) is 0 Å². The van der Waals surface area contributed by atoms with E-state index in [-0.39, 0.29) is 5.91 Å². The van der Waals surface area contributed by atoms with Crippen molar-refractivity contribution in [1.29, 1.82) is 0 Å². The van der Waals surface area contributed by atoms with E-state index in [0.29, 0.717) is 5.56 Å². The second-order valence-corrected chi connectivity index (χ2v) is 5.71. The SMILES string of the molecule is CSc1cccc(NC(=O)c2ccc(-c3ccccn3)nc2)c1. The van der Waals surface area contributed by atoms with E-state index in [1.54, 1.807) is 36.3 Å². The molecular formula is C18H15N3OS. The van der Waals surface area contributed by atoms with Crippen LogP contribution in [-0.2, 0) is 0 Å². The van der Waals surface area contributed by atoms with E-state index in [0.717, 1.165) is 22.0 Å². The van der Waals surface area contributed by atoms with Crippen molar-refractivity contribution >= 4 is 23.4 Å². The molecule has 23 heavy (non-hydrogen) atoms. The second kappa shape index (κ2) is 7.07.